The first-order valence-corrected chi connectivity index (χ1v) is 10.8. The SMILES string of the molecule is CCNC(=NCCCNC(=O)c1occc1C)NC1CCCN(c2ccccc2)C1.I. The van der Waals surface area contributed by atoms with E-state index in [0.717, 1.165) is 50.4 Å². The number of aryl methyl sites for hydroxylation is 1. The summed E-state index contributed by atoms with van der Waals surface area (Å²) in [6.07, 6.45) is 4.59. The molecule has 0 spiro atoms. The largest absolute Gasteiger partial charge is 0.459 e. The van der Waals surface area contributed by atoms with Crippen molar-refractivity contribution in [2.75, 3.05) is 37.6 Å². The minimum absolute atomic E-state index is 0. The zero-order valence-electron chi connectivity index (χ0n) is 18.4. The molecule has 3 N–H and O–H groups in total. The van der Waals surface area contributed by atoms with Crippen molar-refractivity contribution in [2.45, 2.75) is 39.2 Å². The second-order valence-electron chi connectivity index (χ2n) is 7.57. The lowest BCUT2D eigenvalue weighted by Gasteiger charge is -2.35. The van der Waals surface area contributed by atoms with Crippen molar-refractivity contribution in [1.82, 2.24) is 16.0 Å². The van der Waals surface area contributed by atoms with Gasteiger partial charge >= 0.3 is 0 Å². The van der Waals surface area contributed by atoms with Gasteiger partial charge in [-0.05, 0) is 51.3 Å². The Hall–Kier alpha value is -2.23. The summed E-state index contributed by atoms with van der Waals surface area (Å²) in [5.41, 5.74) is 2.12. The van der Waals surface area contributed by atoms with E-state index in [0.29, 0.717) is 24.9 Å². The Morgan fingerprint density at radius 2 is 2.03 bits per heavy atom. The molecule has 8 heteroatoms. The summed E-state index contributed by atoms with van der Waals surface area (Å²) in [6.45, 7) is 8.00. The van der Waals surface area contributed by atoms with Gasteiger partial charge in [-0.1, -0.05) is 18.2 Å². The van der Waals surface area contributed by atoms with Gasteiger partial charge in [0.25, 0.3) is 5.91 Å². The number of amides is 1. The molecule has 1 atom stereocenters. The molecule has 0 aliphatic carbocycles. The lowest BCUT2D eigenvalue weighted by Crippen LogP contribution is -2.51. The van der Waals surface area contributed by atoms with Crippen molar-refractivity contribution in [2.24, 2.45) is 4.99 Å². The normalized spacial score (nSPS) is 16.4. The first-order valence-electron chi connectivity index (χ1n) is 10.8. The van der Waals surface area contributed by atoms with E-state index in [1.54, 1.807) is 6.07 Å². The Bertz CT molecular complexity index is 824. The number of nitrogens with zero attached hydrogens (tertiary/aromatic N) is 2. The van der Waals surface area contributed by atoms with Gasteiger partial charge in [0.15, 0.2) is 11.7 Å². The first kappa shape index (κ1) is 25.0. The third kappa shape index (κ3) is 7.75. The van der Waals surface area contributed by atoms with Crippen molar-refractivity contribution >= 4 is 41.5 Å². The highest BCUT2D eigenvalue weighted by molar-refractivity contribution is 14.0. The van der Waals surface area contributed by atoms with Crippen LogP contribution in [0, 0.1) is 6.92 Å². The van der Waals surface area contributed by atoms with Crippen LogP contribution in [0.3, 0.4) is 0 Å². The number of nitrogens with one attached hydrogen (secondary N) is 3. The number of hydrogen-bond donors (Lipinski definition) is 3. The molecule has 2 heterocycles. The van der Waals surface area contributed by atoms with Crippen LogP contribution in [0.4, 0.5) is 5.69 Å². The van der Waals surface area contributed by atoms with E-state index in [1.165, 1.54) is 12.0 Å². The van der Waals surface area contributed by atoms with Gasteiger partial charge in [-0.25, -0.2) is 0 Å². The van der Waals surface area contributed by atoms with Crippen molar-refractivity contribution in [3.05, 3.63) is 54.0 Å². The molecule has 1 fully saturated rings. The van der Waals surface area contributed by atoms with E-state index in [-0.39, 0.29) is 29.9 Å². The molecule has 170 valence electrons. The van der Waals surface area contributed by atoms with Gasteiger partial charge in [0.05, 0.1) is 6.26 Å². The maximum absolute atomic E-state index is 12.1. The molecular formula is C23H34IN5O2. The number of benzene rings is 1. The summed E-state index contributed by atoms with van der Waals surface area (Å²) in [5, 5.41) is 9.80. The highest BCUT2D eigenvalue weighted by atomic mass is 127. The quantitative estimate of drug-likeness (QED) is 0.207. The van der Waals surface area contributed by atoms with Gasteiger partial charge in [0, 0.05) is 50.0 Å². The summed E-state index contributed by atoms with van der Waals surface area (Å²) in [7, 11) is 0. The topological polar surface area (TPSA) is 81.9 Å². The van der Waals surface area contributed by atoms with Crippen molar-refractivity contribution in [1.29, 1.82) is 0 Å². The average molecular weight is 539 g/mol. The summed E-state index contributed by atoms with van der Waals surface area (Å²) < 4.78 is 5.21. The van der Waals surface area contributed by atoms with Gasteiger partial charge < -0.3 is 25.3 Å². The third-order valence-electron chi connectivity index (χ3n) is 5.19. The number of para-hydroxylation sites is 1. The first-order chi connectivity index (χ1) is 14.7. The minimum Gasteiger partial charge on any atom is -0.459 e. The standard InChI is InChI=1S/C23H33N5O2.HI/c1-3-24-23(26-14-8-13-25-22(29)21-18(2)12-16-30-21)27-19-9-7-15-28(17-19)20-10-5-4-6-11-20;/h4-6,10-12,16,19H,3,7-9,13-15,17H2,1-2H3,(H,25,29)(H2,24,26,27);1H. The number of piperidine rings is 1. The Morgan fingerprint density at radius 1 is 1.23 bits per heavy atom. The fourth-order valence-electron chi connectivity index (χ4n) is 3.64. The zero-order valence-corrected chi connectivity index (χ0v) is 20.7. The summed E-state index contributed by atoms with van der Waals surface area (Å²) in [6, 6.07) is 12.7. The van der Waals surface area contributed by atoms with Gasteiger partial charge in [-0.3, -0.25) is 9.79 Å². The van der Waals surface area contributed by atoms with Crippen LogP contribution in [-0.2, 0) is 0 Å². The second kappa shape index (κ2) is 13.2. The number of hydrogen-bond acceptors (Lipinski definition) is 4. The highest BCUT2D eigenvalue weighted by Gasteiger charge is 2.20. The zero-order chi connectivity index (χ0) is 21.2. The predicted molar refractivity (Wildman–Crippen MR) is 137 cm³/mol. The van der Waals surface area contributed by atoms with Gasteiger partial charge in [-0.15, -0.1) is 24.0 Å². The van der Waals surface area contributed by atoms with Crippen molar-refractivity contribution < 1.29 is 9.21 Å². The van der Waals surface area contributed by atoms with E-state index < -0.39 is 0 Å². The molecule has 1 aromatic carbocycles. The number of guanidine groups is 1. The molecule has 1 amide bonds. The van der Waals surface area contributed by atoms with Crippen LogP contribution in [0.1, 0.15) is 42.3 Å². The summed E-state index contributed by atoms with van der Waals surface area (Å²) in [4.78, 5) is 19.2. The molecule has 0 saturated carbocycles. The maximum atomic E-state index is 12.1. The predicted octanol–water partition coefficient (Wildman–Crippen LogP) is 3.55. The van der Waals surface area contributed by atoms with Crippen LogP contribution in [0.5, 0.6) is 0 Å². The summed E-state index contributed by atoms with van der Waals surface area (Å²) in [5.74, 6) is 1.05. The Balaban J connectivity index is 0.00000341. The lowest BCUT2D eigenvalue weighted by molar-refractivity contribution is 0.0925. The monoisotopic (exact) mass is 539 g/mol. The van der Waals surface area contributed by atoms with Crippen LogP contribution < -0.4 is 20.9 Å². The fraction of sp³-hybridized carbons (Fsp3) is 0.478. The molecule has 2 aromatic rings. The van der Waals surface area contributed by atoms with Gasteiger partial charge in [0.2, 0.25) is 0 Å². The minimum atomic E-state index is -0.172. The number of carbonyl (C=O) groups excluding carboxylic acids is 1. The average Bonchev–Trinajstić information content (AvgIpc) is 3.20. The number of halogens is 1. The van der Waals surface area contributed by atoms with Crippen LogP contribution in [-0.4, -0.2) is 50.6 Å². The molecule has 1 unspecified atom stereocenters. The second-order valence-corrected chi connectivity index (χ2v) is 7.57. The Kier molecular flexibility index (Phi) is 10.7. The highest BCUT2D eigenvalue weighted by Crippen LogP contribution is 2.19. The molecule has 1 aliphatic rings. The van der Waals surface area contributed by atoms with Crippen LogP contribution in [0.25, 0.3) is 0 Å². The molecule has 1 aliphatic heterocycles. The Morgan fingerprint density at radius 3 is 2.74 bits per heavy atom. The van der Waals surface area contributed by atoms with Crippen LogP contribution in [0.15, 0.2) is 52.1 Å². The number of carbonyl (C=O) groups is 1. The van der Waals surface area contributed by atoms with Crippen LogP contribution in [0.2, 0.25) is 0 Å². The molecule has 1 aromatic heterocycles. The summed E-state index contributed by atoms with van der Waals surface area (Å²) >= 11 is 0. The maximum Gasteiger partial charge on any atom is 0.287 e. The van der Waals surface area contributed by atoms with E-state index in [1.807, 2.05) is 6.92 Å². The number of aliphatic imine (C=N–C) groups is 1. The number of furan rings is 1. The number of anilines is 1. The van der Waals surface area contributed by atoms with E-state index in [9.17, 15) is 4.79 Å². The third-order valence-corrected chi connectivity index (χ3v) is 5.19. The smallest absolute Gasteiger partial charge is 0.287 e. The van der Waals surface area contributed by atoms with Crippen molar-refractivity contribution in [3.63, 3.8) is 0 Å². The molecule has 1 saturated heterocycles. The Labute approximate surface area is 202 Å². The molecule has 0 bridgehead atoms. The van der Waals surface area contributed by atoms with Gasteiger partial charge in [-0.2, -0.15) is 0 Å². The lowest BCUT2D eigenvalue weighted by atomic mass is 10.1. The van der Waals surface area contributed by atoms with E-state index in [2.05, 4.69) is 63.1 Å². The fourth-order valence-corrected chi connectivity index (χ4v) is 3.64. The number of rotatable bonds is 8. The van der Waals surface area contributed by atoms with E-state index >= 15 is 0 Å². The van der Waals surface area contributed by atoms with E-state index in [4.69, 9.17) is 4.42 Å². The molecule has 31 heavy (non-hydrogen) atoms. The van der Waals surface area contributed by atoms with Crippen LogP contribution >= 0.6 is 24.0 Å². The molecule has 0 radical (unpaired) electrons. The molecule has 7 nitrogen and oxygen atoms in total. The molecular weight excluding hydrogens is 505 g/mol. The molecule has 3 rings (SSSR count). The van der Waals surface area contributed by atoms with Gasteiger partial charge in [0.1, 0.15) is 0 Å². The van der Waals surface area contributed by atoms with Crippen molar-refractivity contribution in [3.8, 4) is 0 Å².